The van der Waals surface area contributed by atoms with Crippen LogP contribution in [0.25, 0.3) is 0 Å². The predicted octanol–water partition coefficient (Wildman–Crippen LogP) is 3.15. The van der Waals surface area contributed by atoms with Crippen LogP contribution in [0, 0.1) is 6.92 Å². The van der Waals surface area contributed by atoms with Crippen molar-refractivity contribution in [1.29, 1.82) is 0 Å². The Morgan fingerprint density at radius 2 is 1.89 bits per heavy atom. The van der Waals surface area contributed by atoms with Gasteiger partial charge >= 0.3 is 0 Å². The average molecular weight is 250 g/mol. The normalized spacial score (nSPS) is 11.7. The van der Waals surface area contributed by atoms with E-state index in [0.717, 1.165) is 18.8 Å². The lowest BCUT2D eigenvalue weighted by Crippen LogP contribution is -2.23. The van der Waals surface area contributed by atoms with Gasteiger partial charge < -0.3 is 15.0 Å². The van der Waals surface area contributed by atoms with E-state index < -0.39 is 0 Å². The Morgan fingerprint density at radius 3 is 2.39 bits per heavy atom. The predicted molar refractivity (Wildman–Crippen MR) is 78.6 cm³/mol. The smallest absolute Gasteiger partial charge is 0.120 e. The van der Waals surface area contributed by atoms with Gasteiger partial charge in [-0.25, -0.2) is 0 Å². The topological polar surface area (TPSA) is 24.5 Å². The molecule has 0 aliphatic rings. The van der Waals surface area contributed by atoms with Gasteiger partial charge in [0, 0.05) is 18.8 Å². The Kier molecular flexibility index (Phi) is 5.03. The molecule has 0 unspecified atom stereocenters. The summed E-state index contributed by atoms with van der Waals surface area (Å²) < 4.78 is 5.84. The first kappa shape index (κ1) is 14.8. The van der Waals surface area contributed by atoms with Crippen molar-refractivity contribution in [1.82, 2.24) is 4.90 Å². The highest BCUT2D eigenvalue weighted by Gasteiger charge is 2.12. The average Bonchev–Trinajstić information content (AvgIpc) is 2.18. The van der Waals surface area contributed by atoms with Gasteiger partial charge in [-0.05, 0) is 65.6 Å². The lowest BCUT2D eigenvalue weighted by Gasteiger charge is -2.22. The zero-order valence-electron chi connectivity index (χ0n) is 12.5. The Labute approximate surface area is 111 Å². The molecule has 0 spiro atoms. The summed E-state index contributed by atoms with van der Waals surface area (Å²) in [6.45, 7) is 10.3. The maximum atomic E-state index is 5.84. The molecule has 0 saturated heterocycles. The van der Waals surface area contributed by atoms with Crippen LogP contribution in [0.4, 0.5) is 5.69 Å². The van der Waals surface area contributed by atoms with Gasteiger partial charge in [0.1, 0.15) is 11.4 Å². The molecule has 0 aromatic heterocycles. The van der Waals surface area contributed by atoms with Crippen molar-refractivity contribution in [3.63, 3.8) is 0 Å². The SMILES string of the molecule is Cc1cc(OC(C)(C)C)ccc1NCCN(C)C. The van der Waals surface area contributed by atoms with Crippen LogP contribution in [0.2, 0.25) is 0 Å². The molecule has 1 rings (SSSR count). The summed E-state index contributed by atoms with van der Waals surface area (Å²) >= 11 is 0. The minimum absolute atomic E-state index is 0.147. The van der Waals surface area contributed by atoms with Crippen molar-refractivity contribution in [2.45, 2.75) is 33.3 Å². The minimum atomic E-state index is -0.147. The number of ether oxygens (including phenoxy) is 1. The Balaban J connectivity index is 2.62. The zero-order valence-corrected chi connectivity index (χ0v) is 12.5. The second-order valence-corrected chi connectivity index (χ2v) is 5.92. The Bertz CT molecular complexity index is 381. The fourth-order valence-corrected chi connectivity index (χ4v) is 1.67. The molecule has 0 bridgehead atoms. The monoisotopic (exact) mass is 250 g/mol. The standard InChI is InChI=1S/C15H26N2O/c1-12-11-13(18-15(2,3)4)7-8-14(12)16-9-10-17(5)6/h7-8,11,16H,9-10H2,1-6H3. The molecule has 0 aliphatic heterocycles. The van der Waals surface area contributed by atoms with Crippen LogP contribution in [-0.2, 0) is 0 Å². The molecule has 102 valence electrons. The fourth-order valence-electron chi connectivity index (χ4n) is 1.67. The first-order chi connectivity index (χ1) is 8.28. The van der Waals surface area contributed by atoms with E-state index in [4.69, 9.17) is 4.74 Å². The summed E-state index contributed by atoms with van der Waals surface area (Å²) in [7, 11) is 4.16. The van der Waals surface area contributed by atoms with Crippen molar-refractivity contribution in [3.05, 3.63) is 23.8 Å². The number of benzene rings is 1. The largest absolute Gasteiger partial charge is 0.488 e. The van der Waals surface area contributed by atoms with Gasteiger partial charge in [0.05, 0.1) is 0 Å². The van der Waals surface area contributed by atoms with Crippen LogP contribution in [0.3, 0.4) is 0 Å². The zero-order chi connectivity index (χ0) is 13.8. The molecular weight excluding hydrogens is 224 g/mol. The molecule has 1 N–H and O–H groups in total. The van der Waals surface area contributed by atoms with Crippen LogP contribution in [0.1, 0.15) is 26.3 Å². The summed E-state index contributed by atoms with van der Waals surface area (Å²) in [5.74, 6) is 0.929. The lowest BCUT2D eigenvalue weighted by molar-refractivity contribution is 0.131. The summed E-state index contributed by atoms with van der Waals surface area (Å²) in [6, 6.07) is 6.20. The highest BCUT2D eigenvalue weighted by Crippen LogP contribution is 2.24. The molecule has 0 fully saturated rings. The number of rotatable bonds is 5. The van der Waals surface area contributed by atoms with Gasteiger partial charge in [-0.3, -0.25) is 0 Å². The minimum Gasteiger partial charge on any atom is -0.488 e. The number of hydrogen-bond acceptors (Lipinski definition) is 3. The number of nitrogens with zero attached hydrogens (tertiary/aromatic N) is 1. The summed E-state index contributed by atoms with van der Waals surface area (Å²) in [5.41, 5.74) is 2.25. The Hall–Kier alpha value is -1.22. The molecule has 1 aromatic rings. The second-order valence-electron chi connectivity index (χ2n) is 5.92. The van der Waals surface area contributed by atoms with Crippen LogP contribution in [0.15, 0.2) is 18.2 Å². The molecule has 3 heteroatoms. The molecule has 0 radical (unpaired) electrons. The van der Waals surface area contributed by atoms with Gasteiger partial charge in [0.15, 0.2) is 0 Å². The molecule has 0 amide bonds. The van der Waals surface area contributed by atoms with Crippen molar-refractivity contribution in [2.75, 3.05) is 32.5 Å². The van der Waals surface area contributed by atoms with Gasteiger partial charge in [-0.15, -0.1) is 0 Å². The van der Waals surface area contributed by atoms with E-state index in [1.165, 1.54) is 11.3 Å². The highest BCUT2D eigenvalue weighted by molar-refractivity contribution is 5.53. The first-order valence-electron chi connectivity index (χ1n) is 6.46. The lowest BCUT2D eigenvalue weighted by atomic mass is 10.1. The van der Waals surface area contributed by atoms with E-state index in [0.29, 0.717) is 0 Å². The fraction of sp³-hybridized carbons (Fsp3) is 0.600. The number of anilines is 1. The maximum absolute atomic E-state index is 5.84. The van der Waals surface area contributed by atoms with E-state index in [1.807, 2.05) is 6.07 Å². The van der Waals surface area contributed by atoms with E-state index in [-0.39, 0.29) is 5.60 Å². The van der Waals surface area contributed by atoms with Gasteiger partial charge in [0.25, 0.3) is 0 Å². The first-order valence-corrected chi connectivity index (χ1v) is 6.46. The number of likely N-dealkylation sites (N-methyl/N-ethyl adjacent to an activating group) is 1. The van der Waals surface area contributed by atoms with E-state index in [2.05, 4.69) is 64.1 Å². The summed E-state index contributed by atoms with van der Waals surface area (Å²) in [4.78, 5) is 2.17. The van der Waals surface area contributed by atoms with Crippen LogP contribution < -0.4 is 10.1 Å². The highest BCUT2D eigenvalue weighted by atomic mass is 16.5. The van der Waals surface area contributed by atoms with Gasteiger partial charge in [-0.2, -0.15) is 0 Å². The number of aryl methyl sites for hydroxylation is 1. The third-order valence-electron chi connectivity index (χ3n) is 2.50. The van der Waals surface area contributed by atoms with Crippen molar-refractivity contribution in [2.24, 2.45) is 0 Å². The Morgan fingerprint density at radius 1 is 1.22 bits per heavy atom. The molecule has 0 heterocycles. The third-order valence-corrected chi connectivity index (χ3v) is 2.50. The van der Waals surface area contributed by atoms with Gasteiger partial charge in [0.2, 0.25) is 0 Å². The molecule has 0 saturated carbocycles. The summed E-state index contributed by atoms with van der Waals surface area (Å²) in [5, 5.41) is 3.44. The molecular formula is C15H26N2O. The van der Waals surface area contributed by atoms with Crippen LogP contribution >= 0.6 is 0 Å². The van der Waals surface area contributed by atoms with Crippen molar-refractivity contribution >= 4 is 5.69 Å². The maximum Gasteiger partial charge on any atom is 0.120 e. The molecule has 18 heavy (non-hydrogen) atoms. The number of hydrogen-bond donors (Lipinski definition) is 1. The second kappa shape index (κ2) is 6.10. The van der Waals surface area contributed by atoms with Crippen LogP contribution in [0.5, 0.6) is 5.75 Å². The molecule has 0 atom stereocenters. The molecule has 1 aromatic carbocycles. The van der Waals surface area contributed by atoms with Gasteiger partial charge in [-0.1, -0.05) is 0 Å². The third kappa shape index (κ3) is 5.41. The molecule has 0 aliphatic carbocycles. The quantitative estimate of drug-likeness (QED) is 0.869. The summed E-state index contributed by atoms with van der Waals surface area (Å²) in [6.07, 6.45) is 0. The van der Waals surface area contributed by atoms with E-state index >= 15 is 0 Å². The van der Waals surface area contributed by atoms with Crippen LogP contribution in [-0.4, -0.2) is 37.7 Å². The van der Waals surface area contributed by atoms with E-state index in [1.54, 1.807) is 0 Å². The van der Waals surface area contributed by atoms with E-state index in [9.17, 15) is 0 Å². The molecule has 3 nitrogen and oxygen atoms in total. The van der Waals surface area contributed by atoms with Crippen molar-refractivity contribution in [3.8, 4) is 5.75 Å². The van der Waals surface area contributed by atoms with Crippen molar-refractivity contribution < 1.29 is 4.74 Å². The number of nitrogens with one attached hydrogen (secondary N) is 1.